The van der Waals surface area contributed by atoms with Crippen molar-refractivity contribution in [3.63, 3.8) is 0 Å². The molecule has 3 nitrogen and oxygen atoms in total. The molecule has 1 amide bonds. The minimum atomic E-state index is -0.434. The van der Waals surface area contributed by atoms with E-state index in [2.05, 4.69) is 16.8 Å². The van der Waals surface area contributed by atoms with E-state index in [4.69, 9.17) is 4.74 Å². The smallest absolute Gasteiger partial charge is 0.408 e. The molecule has 0 radical (unpaired) electrons. The van der Waals surface area contributed by atoms with Crippen LogP contribution in [0.15, 0.2) is 11.4 Å². The maximum atomic E-state index is 11.7. The Bertz CT molecular complexity index is 406. The van der Waals surface area contributed by atoms with E-state index in [1.54, 1.807) is 11.3 Å². The predicted octanol–water partition coefficient (Wildman–Crippen LogP) is 3.65. The van der Waals surface area contributed by atoms with Crippen LogP contribution in [-0.2, 0) is 11.2 Å². The number of hydrogen-bond donors (Lipinski definition) is 1. The highest BCUT2D eigenvalue weighted by Crippen LogP contribution is 2.33. The predicted molar refractivity (Wildman–Crippen MR) is 69.4 cm³/mol. The molecule has 1 N–H and O–H groups in total. The number of nitrogens with one attached hydrogen (secondary N) is 1. The first-order valence-electron chi connectivity index (χ1n) is 6.01. The van der Waals surface area contributed by atoms with Gasteiger partial charge in [0.05, 0.1) is 6.04 Å². The fourth-order valence-corrected chi connectivity index (χ4v) is 3.07. The van der Waals surface area contributed by atoms with E-state index in [-0.39, 0.29) is 12.1 Å². The molecular weight excluding hydrogens is 234 g/mol. The Kier molecular flexibility index (Phi) is 3.43. The topological polar surface area (TPSA) is 38.3 Å². The van der Waals surface area contributed by atoms with E-state index in [1.165, 1.54) is 10.4 Å². The van der Waals surface area contributed by atoms with Crippen molar-refractivity contribution < 1.29 is 9.53 Å². The highest BCUT2D eigenvalue weighted by molar-refractivity contribution is 7.10. The van der Waals surface area contributed by atoms with Crippen LogP contribution < -0.4 is 5.32 Å². The molecule has 0 saturated carbocycles. The molecule has 2 rings (SSSR count). The Morgan fingerprint density at radius 1 is 1.53 bits per heavy atom. The van der Waals surface area contributed by atoms with Gasteiger partial charge in [-0.15, -0.1) is 11.3 Å². The van der Waals surface area contributed by atoms with Gasteiger partial charge in [-0.25, -0.2) is 4.79 Å². The van der Waals surface area contributed by atoms with Gasteiger partial charge in [0, 0.05) is 4.88 Å². The number of fused-ring (bicyclic) bond motifs is 1. The SMILES string of the molecule is CC(C)(C)OC(=O)NC1CCCc2sccc21. The summed E-state index contributed by atoms with van der Waals surface area (Å²) >= 11 is 1.78. The molecule has 4 heteroatoms. The quantitative estimate of drug-likeness (QED) is 0.829. The van der Waals surface area contributed by atoms with Crippen molar-refractivity contribution >= 4 is 17.4 Å². The molecule has 1 aliphatic carbocycles. The summed E-state index contributed by atoms with van der Waals surface area (Å²) in [4.78, 5) is 13.1. The zero-order chi connectivity index (χ0) is 12.5. The number of hydrogen-bond acceptors (Lipinski definition) is 3. The molecule has 0 fully saturated rings. The van der Waals surface area contributed by atoms with Crippen molar-refractivity contribution in [2.75, 3.05) is 0 Å². The van der Waals surface area contributed by atoms with Gasteiger partial charge in [0.15, 0.2) is 0 Å². The van der Waals surface area contributed by atoms with Gasteiger partial charge in [0.25, 0.3) is 0 Å². The Morgan fingerprint density at radius 3 is 3.00 bits per heavy atom. The number of carbonyl (C=O) groups is 1. The molecule has 0 aromatic carbocycles. The van der Waals surface area contributed by atoms with Crippen molar-refractivity contribution in [3.8, 4) is 0 Å². The lowest BCUT2D eigenvalue weighted by molar-refractivity contribution is 0.0499. The second kappa shape index (κ2) is 4.69. The Morgan fingerprint density at radius 2 is 2.29 bits per heavy atom. The van der Waals surface area contributed by atoms with Gasteiger partial charge in [-0.2, -0.15) is 0 Å². The van der Waals surface area contributed by atoms with Crippen LogP contribution in [-0.4, -0.2) is 11.7 Å². The Labute approximate surface area is 106 Å². The van der Waals surface area contributed by atoms with Crippen molar-refractivity contribution in [1.29, 1.82) is 0 Å². The lowest BCUT2D eigenvalue weighted by atomic mass is 9.94. The van der Waals surface area contributed by atoms with Crippen LogP contribution in [0.3, 0.4) is 0 Å². The number of amides is 1. The Balaban J connectivity index is 2.00. The summed E-state index contributed by atoms with van der Waals surface area (Å²) in [6, 6.07) is 2.24. The van der Waals surface area contributed by atoms with Crippen LogP contribution in [0, 0.1) is 0 Å². The van der Waals surface area contributed by atoms with E-state index in [9.17, 15) is 4.79 Å². The molecule has 1 unspecified atom stereocenters. The van der Waals surface area contributed by atoms with Crippen molar-refractivity contribution in [2.24, 2.45) is 0 Å². The monoisotopic (exact) mass is 253 g/mol. The fraction of sp³-hybridized carbons (Fsp3) is 0.615. The van der Waals surface area contributed by atoms with Crippen LogP contribution >= 0.6 is 11.3 Å². The first-order chi connectivity index (χ1) is 7.96. The minimum Gasteiger partial charge on any atom is -0.444 e. The zero-order valence-corrected chi connectivity index (χ0v) is 11.4. The van der Waals surface area contributed by atoms with E-state index in [0.29, 0.717) is 0 Å². The van der Waals surface area contributed by atoms with Crippen LogP contribution in [0.4, 0.5) is 4.79 Å². The number of rotatable bonds is 1. The number of thiophene rings is 1. The molecular formula is C13H19NO2S. The third-order valence-electron chi connectivity index (χ3n) is 2.74. The molecule has 0 aliphatic heterocycles. The summed E-state index contributed by atoms with van der Waals surface area (Å²) in [5.74, 6) is 0. The molecule has 17 heavy (non-hydrogen) atoms. The Hall–Kier alpha value is -1.03. The molecule has 94 valence electrons. The van der Waals surface area contributed by atoms with Crippen molar-refractivity contribution in [3.05, 3.63) is 21.9 Å². The van der Waals surface area contributed by atoms with Crippen molar-refractivity contribution in [1.82, 2.24) is 5.32 Å². The second-order valence-corrected chi connectivity index (χ2v) is 6.39. The first kappa shape index (κ1) is 12.4. The summed E-state index contributed by atoms with van der Waals surface area (Å²) in [6.45, 7) is 5.64. The highest BCUT2D eigenvalue weighted by atomic mass is 32.1. The standard InChI is InChI=1S/C13H19NO2S/c1-13(2,3)16-12(15)14-10-5-4-6-11-9(10)7-8-17-11/h7-8,10H,4-6H2,1-3H3,(H,14,15). The molecule has 0 saturated heterocycles. The molecule has 0 spiro atoms. The molecule has 0 bridgehead atoms. The van der Waals surface area contributed by atoms with Gasteiger partial charge in [-0.05, 0) is 57.0 Å². The van der Waals surface area contributed by atoms with E-state index >= 15 is 0 Å². The van der Waals surface area contributed by atoms with E-state index < -0.39 is 5.60 Å². The average molecular weight is 253 g/mol. The van der Waals surface area contributed by atoms with Crippen LogP contribution in [0.5, 0.6) is 0 Å². The molecule has 1 aromatic heterocycles. The van der Waals surface area contributed by atoms with Gasteiger partial charge in [0.1, 0.15) is 5.60 Å². The van der Waals surface area contributed by atoms with E-state index in [0.717, 1.165) is 19.3 Å². The van der Waals surface area contributed by atoms with Gasteiger partial charge in [-0.1, -0.05) is 0 Å². The molecule has 1 aliphatic rings. The van der Waals surface area contributed by atoms with Crippen LogP contribution in [0.2, 0.25) is 0 Å². The maximum absolute atomic E-state index is 11.7. The van der Waals surface area contributed by atoms with Crippen LogP contribution in [0.25, 0.3) is 0 Å². The zero-order valence-electron chi connectivity index (χ0n) is 10.6. The normalized spacial score (nSPS) is 19.6. The highest BCUT2D eigenvalue weighted by Gasteiger charge is 2.25. The van der Waals surface area contributed by atoms with Gasteiger partial charge < -0.3 is 10.1 Å². The number of ether oxygens (including phenoxy) is 1. The average Bonchev–Trinajstić information content (AvgIpc) is 2.63. The van der Waals surface area contributed by atoms with E-state index in [1.807, 2.05) is 20.8 Å². The number of alkyl carbamates (subject to hydrolysis) is 1. The third kappa shape index (κ3) is 3.22. The lowest BCUT2D eigenvalue weighted by Gasteiger charge is -2.26. The maximum Gasteiger partial charge on any atom is 0.408 e. The van der Waals surface area contributed by atoms with Gasteiger partial charge >= 0.3 is 6.09 Å². The summed E-state index contributed by atoms with van der Waals surface area (Å²) in [5, 5.41) is 5.06. The lowest BCUT2D eigenvalue weighted by Crippen LogP contribution is -2.35. The molecule has 1 aromatic rings. The fourth-order valence-electron chi connectivity index (χ4n) is 2.09. The van der Waals surface area contributed by atoms with Gasteiger partial charge in [-0.3, -0.25) is 0 Å². The number of carbonyl (C=O) groups excluding carboxylic acids is 1. The third-order valence-corrected chi connectivity index (χ3v) is 3.74. The second-order valence-electron chi connectivity index (χ2n) is 5.39. The summed E-state index contributed by atoms with van der Waals surface area (Å²) < 4.78 is 5.29. The largest absolute Gasteiger partial charge is 0.444 e. The molecule has 1 heterocycles. The first-order valence-corrected chi connectivity index (χ1v) is 6.89. The number of aryl methyl sites for hydroxylation is 1. The summed E-state index contributed by atoms with van der Waals surface area (Å²) in [7, 11) is 0. The summed E-state index contributed by atoms with van der Waals surface area (Å²) in [5.41, 5.74) is 0.836. The molecule has 1 atom stereocenters. The van der Waals surface area contributed by atoms with Crippen LogP contribution in [0.1, 0.15) is 50.1 Å². The minimum absolute atomic E-state index is 0.125. The van der Waals surface area contributed by atoms with Gasteiger partial charge in [0.2, 0.25) is 0 Å². The van der Waals surface area contributed by atoms with Crippen molar-refractivity contribution in [2.45, 2.75) is 51.7 Å². The summed E-state index contributed by atoms with van der Waals surface area (Å²) in [6.07, 6.45) is 2.96.